The highest BCUT2D eigenvalue weighted by Gasteiger charge is 2.79. The molecule has 0 bridgehead atoms. The van der Waals surface area contributed by atoms with Crippen LogP contribution in [0.15, 0.2) is 30.3 Å². The molecule has 1 spiro atoms. The average Bonchev–Trinajstić information content (AvgIpc) is 3.54. The van der Waals surface area contributed by atoms with Gasteiger partial charge in [-0.05, 0) is 38.7 Å². The molecular formula is C24H32ClNO9. The number of imide groups is 1. The highest BCUT2D eigenvalue weighted by Crippen LogP contribution is 2.57. The van der Waals surface area contributed by atoms with E-state index in [9.17, 15) is 14.7 Å². The van der Waals surface area contributed by atoms with Crippen LogP contribution in [0.25, 0.3) is 0 Å². The molecule has 0 aliphatic carbocycles. The Balaban J connectivity index is 1.62. The summed E-state index contributed by atoms with van der Waals surface area (Å²) in [5, 5.41) is 12.4. The number of nitrogens with zero attached hydrogens (tertiary/aromatic N) is 1. The van der Waals surface area contributed by atoms with E-state index in [2.05, 4.69) is 0 Å². The maximum Gasteiger partial charge on any atom is 0.432 e. The van der Waals surface area contributed by atoms with Gasteiger partial charge in [0.25, 0.3) is 0 Å². The zero-order valence-corrected chi connectivity index (χ0v) is 21.1. The van der Waals surface area contributed by atoms with Gasteiger partial charge in [0, 0.05) is 25.8 Å². The zero-order valence-electron chi connectivity index (χ0n) is 20.3. The molecule has 0 radical (unpaired) electrons. The summed E-state index contributed by atoms with van der Waals surface area (Å²) in [6, 6.07) is 9.99. The van der Waals surface area contributed by atoms with Gasteiger partial charge < -0.3 is 33.5 Å². The third-order valence-corrected chi connectivity index (χ3v) is 7.23. The Morgan fingerprint density at radius 1 is 1.17 bits per heavy atom. The van der Waals surface area contributed by atoms with Crippen molar-refractivity contribution < 1.29 is 43.1 Å². The number of benzene rings is 1. The van der Waals surface area contributed by atoms with Gasteiger partial charge in [0.1, 0.15) is 18.3 Å². The Hall–Kier alpha value is -1.79. The van der Waals surface area contributed by atoms with Crippen LogP contribution < -0.4 is 0 Å². The summed E-state index contributed by atoms with van der Waals surface area (Å²) in [6.45, 7) is 4.50. The second kappa shape index (κ2) is 9.59. The van der Waals surface area contributed by atoms with Crippen LogP contribution in [0, 0.1) is 0 Å². The van der Waals surface area contributed by atoms with Crippen molar-refractivity contribution in [3.8, 4) is 0 Å². The molecule has 10 nitrogen and oxygen atoms in total. The summed E-state index contributed by atoms with van der Waals surface area (Å²) in [5.41, 5.74) is -1.86. The Kier molecular flexibility index (Phi) is 7.20. The van der Waals surface area contributed by atoms with E-state index in [4.69, 9.17) is 40.2 Å². The summed E-state index contributed by atoms with van der Waals surface area (Å²) in [5.74, 6) is -3.39. The van der Waals surface area contributed by atoms with Crippen molar-refractivity contribution in [3.05, 3.63) is 35.9 Å². The number of amides is 2. The van der Waals surface area contributed by atoms with E-state index in [-0.39, 0.29) is 19.8 Å². The lowest BCUT2D eigenvalue weighted by Gasteiger charge is -2.54. The van der Waals surface area contributed by atoms with Crippen molar-refractivity contribution in [1.29, 1.82) is 0 Å². The molecule has 1 N–H and O–H groups in total. The molecule has 11 heteroatoms. The van der Waals surface area contributed by atoms with Crippen LogP contribution in [0.3, 0.4) is 0 Å². The van der Waals surface area contributed by atoms with E-state index in [1.165, 1.54) is 7.11 Å². The molecule has 3 aliphatic rings. The largest absolute Gasteiger partial charge is 0.440 e. The molecule has 0 saturated carbocycles. The second-order valence-electron chi connectivity index (χ2n) is 9.62. The molecule has 2 amide bonds. The van der Waals surface area contributed by atoms with Crippen LogP contribution in [0.2, 0.25) is 0 Å². The van der Waals surface area contributed by atoms with E-state index in [1.807, 2.05) is 30.3 Å². The minimum atomic E-state index is -1.92. The Labute approximate surface area is 209 Å². The van der Waals surface area contributed by atoms with E-state index >= 15 is 0 Å². The van der Waals surface area contributed by atoms with Gasteiger partial charge in [-0.1, -0.05) is 30.3 Å². The first kappa shape index (κ1) is 26.3. The fourth-order valence-corrected chi connectivity index (χ4v) is 5.12. The molecule has 1 unspecified atom stereocenters. The lowest BCUT2D eigenvalue weighted by molar-refractivity contribution is -0.392. The lowest BCUT2D eigenvalue weighted by atomic mass is 9.70. The number of carbonyl (C=O) groups excluding carboxylic acids is 2. The highest BCUT2D eigenvalue weighted by atomic mass is 35.5. The van der Waals surface area contributed by atoms with Gasteiger partial charge in [-0.25, -0.2) is 4.79 Å². The van der Waals surface area contributed by atoms with E-state index in [0.29, 0.717) is 17.3 Å². The Morgan fingerprint density at radius 3 is 2.40 bits per heavy atom. The fraction of sp³-hybridized carbons (Fsp3) is 0.667. The predicted octanol–water partition coefficient (Wildman–Crippen LogP) is 2.54. The molecule has 4 rings (SSSR count). The summed E-state index contributed by atoms with van der Waals surface area (Å²) >= 11 is 5.73. The minimum Gasteiger partial charge on any atom is -0.440 e. The van der Waals surface area contributed by atoms with Gasteiger partial charge in [0.2, 0.25) is 11.7 Å². The molecule has 3 aliphatic heterocycles. The maximum atomic E-state index is 12.4. The number of epoxide rings is 1. The molecule has 3 heterocycles. The monoisotopic (exact) mass is 513 g/mol. The summed E-state index contributed by atoms with van der Waals surface area (Å²) in [6.07, 6.45) is -1.41. The second-order valence-corrected chi connectivity index (χ2v) is 9.96. The maximum absolute atomic E-state index is 12.4. The number of ether oxygens (including phenoxy) is 6. The van der Waals surface area contributed by atoms with Crippen molar-refractivity contribution in [2.45, 2.75) is 75.0 Å². The summed E-state index contributed by atoms with van der Waals surface area (Å²) in [7, 11) is 1.39. The van der Waals surface area contributed by atoms with Crippen LogP contribution in [0.5, 0.6) is 0 Å². The number of aryl methyl sites for hydroxylation is 1. The first-order valence-electron chi connectivity index (χ1n) is 11.6. The number of halogens is 1. The van der Waals surface area contributed by atoms with Crippen molar-refractivity contribution >= 4 is 23.8 Å². The van der Waals surface area contributed by atoms with Crippen molar-refractivity contribution in [3.63, 3.8) is 0 Å². The van der Waals surface area contributed by atoms with E-state index in [1.54, 1.807) is 13.8 Å². The van der Waals surface area contributed by atoms with Gasteiger partial charge in [-0.15, -0.1) is 0 Å². The normalized spacial score (nSPS) is 35.6. The lowest BCUT2D eigenvalue weighted by Crippen LogP contribution is -2.78. The van der Waals surface area contributed by atoms with Crippen LogP contribution in [-0.2, 0) is 39.6 Å². The van der Waals surface area contributed by atoms with Crippen LogP contribution in [0.4, 0.5) is 4.79 Å². The third kappa shape index (κ3) is 4.69. The highest BCUT2D eigenvalue weighted by molar-refractivity contribution is 6.28. The molecule has 194 valence electrons. The minimum absolute atomic E-state index is 0.0874. The topological polar surface area (TPSA) is 116 Å². The molecule has 5 atom stereocenters. The molecule has 35 heavy (non-hydrogen) atoms. The van der Waals surface area contributed by atoms with Crippen molar-refractivity contribution in [2.24, 2.45) is 0 Å². The summed E-state index contributed by atoms with van der Waals surface area (Å²) < 4.78 is 35.5. The Morgan fingerprint density at radius 2 is 1.86 bits per heavy atom. The van der Waals surface area contributed by atoms with Gasteiger partial charge in [-0.2, -0.15) is 4.42 Å². The van der Waals surface area contributed by atoms with Crippen molar-refractivity contribution in [2.75, 3.05) is 26.9 Å². The first-order valence-corrected chi connectivity index (χ1v) is 11.9. The molecular weight excluding hydrogens is 482 g/mol. The number of rotatable bonds is 7. The number of hydrogen-bond donors (Lipinski definition) is 1. The number of carbonyl (C=O) groups is 2. The van der Waals surface area contributed by atoms with Crippen LogP contribution in [-0.4, -0.2) is 83.4 Å². The van der Waals surface area contributed by atoms with Gasteiger partial charge in [0.05, 0.1) is 13.2 Å². The number of hydrogen-bond acceptors (Lipinski definition) is 9. The molecule has 1 aromatic carbocycles. The van der Waals surface area contributed by atoms with Crippen molar-refractivity contribution in [1.82, 2.24) is 4.42 Å². The van der Waals surface area contributed by atoms with Gasteiger partial charge in [-0.3, -0.25) is 4.79 Å². The zero-order chi connectivity index (χ0) is 25.5. The third-order valence-electron chi connectivity index (χ3n) is 6.85. The first-order chi connectivity index (χ1) is 16.5. The molecule has 0 aromatic heterocycles. The van der Waals surface area contributed by atoms with E-state index < -0.39 is 47.0 Å². The average molecular weight is 514 g/mol. The fourth-order valence-electron chi connectivity index (χ4n) is 5.08. The smallest absolute Gasteiger partial charge is 0.432 e. The number of methoxy groups -OCH3 is 1. The van der Waals surface area contributed by atoms with E-state index in [0.717, 1.165) is 18.9 Å². The quantitative estimate of drug-likeness (QED) is 0.433. The molecule has 1 aromatic rings. The summed E-state index contributed by atoms with van der Waals surface area (Å²) in [4.78, 5) is 23.9. The molecule has 3 fully saturated rings. The number of aliphatic hydroxyl groups is 1. The molecule has 3 saturated heterocycles. The SMILES string of the molecule is CO[C@@H]1[C@H](OC(=O)N(Cl)C(C)=O)CO[C@]2(COC(C)(C)O2)[C@@]1(O)C1(CCCc2ccccc2)CO1. The van der Waals surface area contributed by atoms with Crippen LogP contribution >= 0.6 is 11.8 Å². The van der Waals surface area contributed by atoms with Gasteiger partial charge >= 0.3 is 6.09 Å². The predicted molar refractivity (Wildman–Crippen MR) is 122 cm³/mol. The van der Waals surface area contributed by atoms with Gasteiger partial charge in [0.15, 0.2) is 17.5 Å². The van der Waals surface area contributed by atoms with Crippen LogP contribution in [0.1, 0.15) is 39.2 Å². The standard InChI is InChI=1S/C24H32ClNO9/c1-16(27)26(25)20(28)34-18-13-31-23(15-32-21(2,3)35-23)24(29,19(18)30-4)22(14-33-22)12-8-11-17-9-6-5-7-10-17/h5-7,9-10,18-19,29H,8,11-15H2,1-4H3/t18-,19-,22?,23+,24+/m1/s1. The Bertz CT molecular complexity index is 940.